The highest BCUT2D eigenvalue weighted by molar-refractivity contribution is 7.19. The molecule has 4 aromatic rings. The molecule has 9 heteroatoms. The molecule has 36 heavy (non-hydrogen) atoms. The van der Waals surface area contributed by atoms with Gasteiger partial charge in [-0.3, -0.25) is 0 Å². The molecule has 0 amide bonds. The zero-order valence-corrected chi connectivity index (χ0v) is 21.6. The minimum atomic E-state index is -1.24. The molecule has 0 radical (unpaired) electrons. The second kappa shape index (κ2) is 10.4. The molecule has 0 aliphatic heterocycles. The number of carboxylic acids is 1. The molecular formula is C27H23ClN2O5S. The van der Waals surface area contributed by atoms with E-state index in [4.69, 9.17) is 21.1 Å². The van der Waals surface area contributed by atoms with Crippen LogP contribution in [-0.4, -0.2) is 39.4 Å². The number of para-hydroxylation sites is 1. The molecule has 2 heterocycles. The Morgan fingerprint density at radius 2 is 2.00 bits per heavy atom. The fraction of sp³-hybridized carbons (Fsp3) is 0.222. The predicted molar refractivity (Wildman–Crippen MR) is 140 cm³/mol. The van der Waals surface area contributed by atoms with Gasteiger partial charge < -0.3 is 19.7 Å². The van der Waals surface area contributed by atoms with Crippen LogP contribution in [0.5, 0.6) is 17.4 Å². The van der Waals surface area contributed by atoms with Gasteiger partial charge in [0.05, 0.1) is 22.4 Å². The second-order valence-corrected chi connectivity index (χ2v) is 9.41. The lowest BCUT2D eigenvalue weighted by Crippen LogP contribution is -2.30. The topological polar surface area (TPSA) is 102 Å². The molecule has 2 aromatic carbocycles. The number of aromatic nitrogens is 2. The zero-order valence-electron chi connectivity index (χ0n) is 20.0. The van der Waals surface area contributed by atoms with Crippen molar-refractivity contribution in [2.24, 2.45) is 0 Å². The van der Waals surface area contributed by atoms with Crippen molar-refractivity contribution in [2.75, 3.05) is 7.11 Å². The minimum absolute atomic E-state index is 0.0102. The number of nitrogens with zero attached hydrogens (tertiary/aromatic N) is 2. The van der Waals surface area contributed by atoms with Crippen molar-refractivity contribution in [3.63, 3.8) is 0 Å². The number of fused-ring (bicyclic) bond motifs is 1. The van der Waals surface area contributed by atoms with E-state index in [0.29, 0.717) is 43.1 Å². The van der Waals surface area contributed by atoms with Crippen LogP contribution >= 0.6 is 22.9 Å². The molecule has 7 nitrogen and oxygen atoms in total. The average Bonchev–Trinajstić information content (AvgIpc) is 3.23. The van der Waals surface area contributed by atoms with E-state index < -0.39 is 12.1 Å². The highest BCUT2D eigenvalue weighted by Crippen LogP contribution is 2.46. The number of aromatic hydroxyl groups is 1. The van der Waals surface area contributed by atoms with Gasteiger partial charge >= 0.3 is 5.97 Å². The number of rotatable bonds is 7. The van der Waals surface area contributed by atoms with Crippen molar-refractivity contribution in [1.29, 1.82) is 0 Å². The molecule has 0 aliphatic carbocycles. The Morgan fingerprint density at radius 3 is 2.69 bits per heavy atom. The lowest BCUT2D eigenvalue weighted by atomic mass is 9.96. The maximum atomic E-state index is 12.2. The number of phenols is 1. The summed E-state index contributed by atoms with van der Waals surface area (Å²) in [5.41, 5.74) is 3.35. The number of hydrogen-bond donors (Lipinski definition) is 2. The fourth-order valence-corrected chi connectivity index (χ4v) is 5.26. The first-order valence-corrected chi connectivity index (χ1v) is 12.2. The quantitative estimate of drug-likeness (QED) is 0.296. The maximum Gasteiger partial charge on any atom is 0.345 e. The summed E-state index contributed by atoms with van der Waals surface area (Å²) in [7, 11) is 1.53. The Morgan fingerprint density at radius 1 is 1.25 bits per heavy atom. The van der Waals surface area contributed by atoms with E-state index in [2.05, 4.69) is 21.8 Å². The van der Waals surface area contributed by atoms with Crippen LogP contribution in [0.4, 0.5) is 0 Å². The van der Waals surface area contributed by atoms with E-state index in [1.807, 2.05) is 18.2 Å². The predicted octanol–water partition coefficient (Wildman–Crippen LogP) is 5.79. The zero-order chi connectivity index (χ0) is 26.0. The van der Waals surface area contributed by atoms with Crippen LogP contribution in [0.25, 0.3) is 21.3 Å². The first-order chi connectivity index (χ1) is 17.3. The van der Waals surface area contributed by atoms with E-state index in [9.17, 15) is 15.0 Å². The molecule has 0 saturated heterocycles. The number of carbonyl (C=O) groups is 1. The minimum Gasteiger partial charge on any atom is -0.506 e. The molecule has 1 atom stereocenters. The molecule has 0 spiro atoms. The third kappa shape index (κ3) is 4.68. The Labute approximate surface area is 217 Å². The normalized spacial score (nSPS) is 11.6. The molecule has 0 fully saturated rings. The van der Waals surface area contributed by atoms with Crippen molar-refractivity contribution in [3.05, 3.63) is 63.2 Å². The van der Waals surface area contributed by atoms with E-state index in [-0.39, 0.29) is 23.1 Å². The molecule has 2 N–H and O–H groups in total. The highest BCUT2D eigenvalue weighted by atomic mass is 35.5. The van der Waals surface area contributed by atoms with Gasteiger partial charge in [-0.05, 0) is 55.2 Å². The number of thiophene rings is 1. The van der Waals surface area contributed by atoms with Crippen LogP contribution in [0.3, 0.4) is 0 Å². The molecule has 184 valence electrons. The van der Waals surface area contributed by atoms with Gasteiger partial charge in [0, 0.05) is 12.0 Å². The SMILES string of the molecule is CC#Cc1sc2ncnc(O[C@H](Cc3ccccc3OC)C(=O)O)c2c1-c1cc(C)c(O)c(Cl)c1C. The van der Waals surface area contributed by atoms with Gasteiger partial charge in [-0.15, -0.1) is 17.3 Å². The standard InChI is InChI=1S/C27H23ClN2O5S/c1-5-8-20-21(17-11-14(2)24(31)23(28)15(17)3)22-25(29-13-30-26(22)36-20)35-19(27(32)33)12-16-9-6-7-10-18(16)34-4/h6-7,9-11,13,19,31H,12H2,1-4H3,(H,32,33)/t19-/m1/s1. The number of aliphatic carboxylic acids is 1. The average molecular weight is 523 g/mol. The summed E-state index contributed by atoms with van der Waals surface area (Å²) in [5, 5.41) is 21.1. The molecule has 0 aliphatic rings. The van der Waals surface area contributed by atoms with E-state index >= 15 is 0 Å². The van der Waals surface area contributed by atoms with E-state index in [1.165, 1.54) is 24.8 Å². The largest absolute Gasteiger partial charge is 0.506 e. The summed E-state index contributed by atoms with van der Waals surface area (Å²) in [4.78, 5) is 22.2. The summed E-state index contributed by atoms with van der Waals surface area (Å²) in [6.45, 7) is 5.29. The first-order valence-electron chi connectivity index (χ1n) is 11.0. The van der Waals surface area contributed by atoms with Gasteiger partial charge in [0.25, 0.3) is 0 Å². The van der Waals surface area contributed by atoms with Crippen LogP contribution in [0.1, 0.15) is 28.5 Å². The van der Waals surface area contributed by atoms with E-state index in [0.717, 1.165) is 5.56 Å². The van der Waals surface area contributed by atoms with Gasteiger partial charge in [-0.2, -0.15) is 0 Å². The van der Waals surface area contributed by atoms with Crippen LogP contribution in [0.15, 0.2) is 36.7 Å². The third-order valence-corrected chi connectivity index (χ3v) is 7.24. The molecule has 2 aromatic heterocycles. The Bertz CT molecular complexity index is 1540. The number of methoxy groups -OCH3 is 1. The van der Waals surface area contributed by atoms with Gasteiger partial charge in [-0.25, -0.2) is 14.8 Å². The van der Waals surface area contributed by atoms with Crippen molar-refractivity contribution < 1.29 is 24.5 Å². The van der Waals surface area contributed by atoms with Gasteiger partial charge in [0.2, 0.25) is 12.0 Å². The van der Waals surface area contributed by atoms with Gasteiger partial charge in [0.15, 0.2) is 0 Å². The summed E-state index contributed by atoms with van der Waals surface area (Å²) >= 11 is 7.79. The summed E-state index contributed by atoms with van der Waals surface area (Å²) < 4.78 is 11.4. The molecule has 4 rings (SSSR count). The van der Waals surface area contributed by atoms with Crippen LogP contribution in [0.2, 0.25) is 5.02 Å². The molecule has 0 bridgehead atoms. The van der Waals surface area contributed by atoms with Crippen molar-refractivity contribution in [2.45, 2.75) is 33.3 Å². The summed E-state index contributed by atoms with van der Waals surface area (Å²) in [6, 6.07) is 9.01. The number of aryl methyl sites for hydroxylation is 1. The number of benzene rings is 2. The number of phenolic OH excluding ortho intramolecular Hbond substituents is 1. The summed E-state index contributed by atoms with van der Waals surface area (Å²) in [5.74, 6) is 5.59. The highest BCUT2D eigenvalue weighted by Gasteiger charge is 2.27. The monoisotopic (exact) mass is 522 g/mol. The van der Waals surface area contributed by atoms with Crippen molar-refractivity contribution >= 4 is 39.1 Å². The molecule has 0 saturated carbocycles. The van der Waals surface area contributed by atoms with Gasteiger partial charge in [-0.1, -0.05) is 35.7 Å². The molecular weight excluding hydrogens is 500 g/mol. The smallest absolute Gasteiger partial charge is 0.345 e. The van der Waals surface area contributed by atoms with Crippen LogP contribution < -0.4 is 9.47 Å². The van der Waals surface area contributed by atoms with Gasteiger partial charge in [0.1, 0.15) is 22.7 Å². The lowest BCUT2D eigenvalue weighted by molar-refractivity contribution is -0.145. The van der Waals surface area contributed by atoms with E-state index in [1.54, 1.807) is 32.9 Å². The Hall–Kier alpha value is -3.80. The molecule has 0 unspecified atom stereocenters. The van der Waals surface area contributed by atoms with Crippen LogP contribution in [-0.2, 0) is 11.2 Å². The second-order valence-electron chi connectivity index (χ2n) is 8.03. The fourth-order valence-electron chi connectivity index (χ4n) is 3.96. The number of carboxylic acid groups (broad SMARTS) is 1. The number of ether oxygens (including phenoxy) is 2. The van der Waals surface area contributed by atoms with Crippen molar-refractivity contribution in [3.8, 4) is 40.3 Å². The van der Waals surface area contributed by atoms with Crippen molar-refractivity contribution in [1.82, 2.24) is 9.97 Å². The van der Waals surface area contributed by atoms with Crippen LogP contribution in [0, 0.1) is 25.7 Å². The Kier molecular flexibility index (Phi) is 7.34. The Balaban J connectivity index is 1.90. The number of halogens is 1. The maximum absolute atomic E-state index is 12.2. The lowest BCUT2D eigenvalue weighted by Gasteiger charge is -2.17. The number of hydrogen-bond acceptors (Lipinski definition) is 7. The summed E-state index contributed by atoms with van der Waals surface area (Å²) in [6.07, 6.45) is 0.166. The third-order valence-electron chi connectivity index (χ3n) is 5.76. The first kappa shape index (κ1) is 25.3.